The molecule has 0 spiro atoms. The van der Waals surface area contributed by atoms with Crippen molar-refractivity contribution in [3.8, 4) is 0 Å². The first-order valence-corrected chi connectivity index (χ1v) is 7.79. The highest BCUT2D eigenvalue weighted by Crippen LogP contribution is 2.33. The van der Waals surface area contributed by atoms with Crippen LogP contribution in [0.1, 0.15) is 45.4 Å². The van der Waals surface area contributed by atoms with E-state index in [0.29, 0.717) is 13.1 Å². The first-order valence-electron chi connectivity index (χ1n) is 7.79. The van der Waals surface area contributed by atoms with Crippen molar-refractivity contribution in [1.82, 2.24) is 4.90 Å². The molecule has 20 heavy (non-hydrogen) atoms. The van der Waals surface area contributed by atoms with Crippen LogP contribution in [0.25, 0.3) is 0 Å². The van der Waals surface area contributed by atoms with Gasteiger partial charge < -0.3 is 15.7 Å². The van der Waals surface area contributed by atoms with E-state index in [1.54, 1.807) is 4.90 Å². The van der Waals surface area contributed by atoms with Crippen molar-refractivity contribution in [2.24, 2.45) is 23.5 Å². The van der Waals surface area contributed by atoms with Gasteiger partial charge >= 0.3 is 5.97 Å². The van der Waals surface area contributed by atoms with Gasteiger partial charge in [-0.15, -0.1) is 0 Å². The fraction of sp³-hybridized carbons (Fsp3) is 0.867. The van der Waals surface area contributed by atoms with Crippen LogP contribution < -0.4 is 5.73 Å². The van der Waals surface area contributed by atoms with Crippen molar-refractivity contribution in [3.05, 3.63) is 0 Å². The van der Waals surface area contributed by atoms with Crippen LogP contribution in [0, 0.1) is 17.8 Å². The number of carbonyl (C=O) groups excluding carboxylic acids is 1. The molecular formula is C15H26N2O3. The highest BCUT2D eigenvalue weighted by Gasteiger charge is 2.41. The molecule has 2 aliphatic rings. The van der Waals surface area contributed by atoms with E-state index in [1.165, 1.54) is 0 Å². The van der Waals surface area contributed by atoms with E-state index in [2.05, 4.69) is 0 Å². The molecule has 0 bridgehead atoms. The molecule has 5 heteroatoms. The summed E-state index contributed by atoms with van der Waals surface area (Å²) in [5.74, 6) is -0.654. The van der Waals surface area contributed by atoms with Crippen LogP contribution in [0.4, 0.5) is 0 Å². The standard InChI is InChI=1S/C15H26N2O3/c1-10-5-4-8-17(13(10)15(19)20)14(18)12-7-3-2-6-11(12)9-16/h10-13H,2-9,16H2,1H3,(H,19,20). The van der Waals surface area contributed by atoms with Gasteiger partial charge in [-0.1, -0.05) is 19.8 Å². The second kappa shape index (κ2) is 6.57. The Bertz CT molecular complexity index is 372. The number of carboxylic acids is 1. The second-order valence-corrected chi connectivity index (χ2v) is 6.32. The quantitative estimate of drug-likeness (QED) is 0.821. The molecule has 2 fully saturated rings. The van der Waals surface area contributed by atoms with Crippen LogP contribution in [0.3, 0.4) is 0 Å². The minimum atomic E-state index is -0.870. The molecule has 1 saturated carbocycles. The van der Waals surface area contributed by atoms with Gasteiger partial charge in [0.1, 0.15) is 6.04 Å². The van der Waals surface area contributed by atoms with Crippen LogP contribution in [0.15, 0.2) is 0 Å². The summed E-state index contributed by atoms with van der Waals surface area (Å²) >= 11 is 0. The Hall–Kier alpha value is -1.10. The van der Waals surface area contributed by atoms with Crippen LogP contribution in [-0.2, 0) is 9.59 Å². The molecule has 1 amide bonds. The molecule has 1 aliphatic heterocycles. The fourth-order valence-corrected chi connectivity index (χ4v) is 3.84. The van der Waals surface area contributed by atoms with E-state index in [1.807, 2.05) is 6.92 Å². The first kappa shape index (κ1) is 15.3. The van der Waals surface area contributed by atoms with Gasteiger partial charge in [-0.3, -0.25) is 4.79 Å². The predicted molar refractivity (Wildman–Crippen MR) is 76.0 cm³/mol. The number of hydrogen-bond donors (Lipinski definition) is 2. The van der Waals surface area contributed by atoms with Crippen molar-refractivity contribution < 1.29 is 14.7 Å². The summed E-state index contributed by atoms with van der Waals surface area (Å²) in [6.07, 6.45) is 5.81. The molecule has 5 nitrogen and oxygen atoms in total. The molecule has 0 aromatic heterocycles. The normalized spacial score (nSPS) is 34.8. The van der Waals surface area contributed by atoms with Crippen LogP contribution in [-0.4, -0.2) is 41.0 Å². The van der Waals surface area contributed by atoms with Gasteiger partial charge in [-0.25, -0.2) is 4.79 Å². The topological polar surface area (TPSA) is 83.6 Å². The van der Waals surface area contributed by atoms with E-state index in [-0.39, 0.29) is 23.7 Å². The number of carboxylic acid groups (broad SMARTS) is 1. The highest BCUT2D eigenvalue weighted by molar-refractivity contribution is 5.85. The number of nitrogens with zero attached hydrogens (tertiary/aromatic N) is 1. The molecule has 0 radical (unpaired) electrons. The van der Waals surface area contributed by atoms with Crippen molar-refractivity contribution >= 4 is 11.9 Å². The number of nitrogens with two attached hydrogens (primary N) is 1. The number of carbonyl (C=O) groups is 2. The van der Waals surface area contributed by atoms with Crippen molar-refractivity contribution in [2.45, 2.75) is 51.5 Å². The van der Waals surface area contributed by atoms with Gasteiger partial charge in [-0.05, 0) is 44.1 Å². The molecular weight excluding hydrogens is 256 g/mol. The molecule has 1 aliphatic carbocycles. The van der Waals surface area contributed by atoms with Gasteiger partial charge in [0.2, 0.25) is 5.91 Å². The zero-order valence-electron chi connectivity index (χ0n) is 12.3. The number of piperidine rings is 1. The minimum Gasteiger partial charge on any atom is -0.480 e. The van der Waals surface area contributed by atoms with Gasteiger partial charge in [0.15, 0.2) is 0 Å². The Balaban J connectivity index is 2.14. The third-order valence-electron chi connectivity index (χ3n) is 5.00. The second-order valence-electron chi connectivity index (χ2n) is 6.32. The third-order valence-corrected chi connectivity index (χ3v) is 5.00. The predicted octanol–water partition coefficient (Wildman–Crippen LogP) is 1.46. The Morgan fingerprint density at radius 2 is 1.90 bits per heavy atom. The number of aliphatic carboxylic acids is 1. The zero-order chi connectivity index (χ0) is 14.7. The minimum absolute atomic E-state index is 0.0269. The lowest BCUT2D eigenvalue weighted by atomic mass is 9.77. The van der Waals surface area contributed by atoms with Gasteiger partial charge in [0, 0.05) is 12.5 Å². The molecule has 1 heterocycles. The lowest BCUT2D eigenvalue weighted by molar-refractivity contribution is -0.158. The molecule has 1 saturated heterocycles. The van der Waals surface area contributed by atoms with Crippen molar-refractivity contribution in [1.29, 1.82) is 0 Å². The van der Waals surface area contributed by atoms with Gasteiger partial charge in [0.05, 0.1) is 0 Å². The molecule has 2 rings (SSSR count). The highest BCUT2D eigenvalue weighted by atomic mass is 16.4. The SMILES string of the molecule is CC1CCCN(C(=O)C2CCCCC2CN)C1C(=O)O. The van der Waals surface area contributed by atoms with E-state index < -0.39 is 12.0 Å². The number of likely N-dealkylation sites (tertiary alicyclic amines) is 1. The third kappa shape index (κ3) is 2.97. The van der Waals surface area contributed by atoms with E-state index in [4.69, 9.17) is 5.73 Å². The Kier molecular flexibility index (Phi) is 5.02. The Morgan fingerprint density at radius 1 is 1.20 bits per heavy atom. The van der Waals surface area contributed by atoms with Crippen molar-refractivity contribution in [3.63, 3.8) is 0 Å². The summed E-state index contributed by atoms with van der Waals surface area (Å²) < 4.78 is 0. The molecule has 114 valence electrons. The van der Waals surface area contributed by atoms with Crippen LogP contribution in [0.5, 0.6) is 0 Å². The monoisotopic (exact) mass is 282 g/mol. The average Bonchev–Trinajstić information content (AvgIpc) is 2.45. The average molecular weight is 282 g/mol. The fourth-order valence-electron chi connectivity index (χ4n) is 3.84. The van der Waals surface area contributed by atoms with Crippen molar-refractivity contribution in [2.75, 3.05) is 13.1 Å². The van der Waals surface area contributed by atoms with Gasteiger partial charge in [-0.2, -0.15) is 0 Å². The molecule has 3 N–H and O–H groups in total. The molecule has 4 unspecified atom stereocenters. The maximum Gasteiger partial charge on any atom is 0.326 e. The van der Waals surface area contributed by atoms with Gasteiger partial charge in [0.25, 0.3) is 0 Å². The summed E-state index contributed by atoms with van der Waals surface area (Å²) in [5, 5.41) is 9.43. The molecule has 4 atom stereocenters. The van der Waals surface area contributed by atoms with E-state index in [0.717, 1.165) is 38.5 Å². The summed E-state index contributed by atoms with van der Waals surface area (Å²) in [6.45, 7) is 3.03. The lowest BCUT2D eigenvalue weighted by Gasteiger charge is -2.41. The summed E-state index contributed by atoms with van der Waals surface area (Å²) in [5.41, 5.74) is 5.80. The Morgan fingerprint density at radius 3 is 2.55 bits per heavy atom. The molecule has 0 aromatic rings. The summed E-state index contributed by atoms with van der Waals surface area (Å²) in [6, 6.07) is -0.656. The zero-order valence-corrected chi connectivity index (χ0v) is 12.3. The summed E-state index contributed by atoms with van der Waals surface area (Å²) in [7, 11) is 0. The van der Waals surface area contributed by atoms with Crippen LogP contribution in [0.2, 0.25) is 0 Å². The summed E-state index contributed by atoms with van der Waals surface area (Å²) in [4.78, 5) is 25.9. The first-order chi connectivity index (χ1) is 9.56. The number of amides is 1. The largest absolute Gasteiger partial charge is 0.480 e. The molecule has 0 aromatic carbocycles. The van der Waals surface area contributed by atoms with Crippen LogP contribution >= 0.6 is 0 Å². The smallest absolute Gasteiger partial charge is 0.326 e. The van der Waals surface area contributed by atoms with E-state index in [9.17, 15) is 14.7 Å². The lowest BCUT2D eigenvalue weighted by Crippen LogP contribution is -2.55. The number of hydrogen-bond acceptors (Lipinski definition) is 3. The Labute approximate surface area is 120 Å². The van der Waals surface area contributed by atoms with E-state index >= 15 is 0 Å². The number of rotatable bonds is 3. The maximum absolute atomic E-state index is 12.8. The maximum atomic E-state index is 12.8.